The summed E-state index contributed by atoms with van der Waals surface area (Å²) < 4.78 is 8.30. The number of hydrogen-bond donors (Lipinski definition) is 1. The normalized spacial score (nSPS) is 25.0. The number of rotatable bonds is 4. The molecule has 1 saturated carbocycles. The molecule has 0 aromatic carbocycles. The molecule has 118 valence electrons. The highest BCUT2D eigenvalue weighted by atomic mass is 32.2. The molecule has 2 N–H and O–H groups in total. The lowest BCUT2D eigenvalue weighted by Gasteiger charge is -2.37. The maximum Gasteiger partial charge on any atom is 0.191 e. The van der Waals surface area contributed by atoms with Crippen LogP contribution in [0.3, 0.4) is 0 Å². The van der Waals surface area contributed by atoms with Gasteiger partial charge in [0.1, 0.15) is 5.82 Å². The average Bonchev–Trinajstić information content (AvgIpc) is 3.06. The van der Waals surface area contributed by atoms with Crippen molar-refractivity contribution in [3.8, 4) is 0 Å². The van der Waals surface area contributed by atoms with Gasteiger partial charge in [0.25, 0.3) is 0 Å². The van der Waals surface area contributed by atoms with Crippen molar-refractivity contribution in [2.45, 2.75) is 81.0 Å². The fourth-order valence-corrected chi connectivity index (χ4v) is 5.06. The Bertz CT molecular complexity index is 482. The molecule has 1 aromatic rings. The Hall–Kier alpha value is -0.590. The van der Waals surface area contributed by atoms with Crippen LogP contribution in [0.25, 0.3) is 0 Å². The summed E-state index contributed by atoms with van der Waals surface area (Å²) in [6.07, 6.45) is 7.35. The van der Waals surface area contributed by atoms with Gasteiger partial charge in [0, 0.05) is 17.9 Å². The van der Waals surface area contributed by atoms with Crippen LogP contribution < -0.4 is 5.73 Å². The number of ether oxygens (including phenoxy) is 1. The van der Waals surface area contributed by atoms with Crippen LogP contribution in [0, 0.1) is 0 Å². The van der Waals surface area contributed by atoms with E-state index < -0.39 is 0 Å². The van der Waals surface area contributed by atoms with Crippen molar-refractivity contribution < 1.29 is 4.74 Å². The van der Waals surface area contributed by atoms with Gasteiger partial charge in [0.2, 0.25) is 0 Å². The number of hydrogen-bond acceptors (Lipinski definition) is 5. The highest BCUT2D eigenvalue weighted by molar-refractivity contribution is 7.99. The fraction of sp³-hybridized carbons (Fsp3) is 0.867. The zero-order chi connectivity index (χ0) is 14.9. The van der Waals surface area contributed by atoms with E-state index in [1.54, 1.807) is 0 Å². The van der Waals surface area contributed by atoms with Crippen molar-refractivity contribution in [3.05, 3.63) is 5.82 Å². The van der Waals surface area contributed by atoms with Gasteiger partial charge < -0.3 is 15.0 Å². The minimum atomic E-state index is 0.162. The highest BCUT2D eigenvalue weighted by Crippen LogP contribution is 2.44. The van der Waals surface area contributed by atoms with Gasteiger partial charge in [-0.15, -0.1) is 10.2 Å². The Kier molecular flexibility index (Phi) is 4.57. The van der Waals surface area contributed by atoms with Gasteiger partial charge in [-0.1, -0.05) is 24.6 Å². The fourth-order valence-electron chi connectivity index (χ4n) is 3.65. The lowest BCUT2D eigenvalue weighted by atomic mass is 9.92. The van der Waals surface area contributed by atoms with Crippen molar-refractivity contribution in [1.29, 1.82) is 0 Å². The van der Waals surface area contributed by atoms with E-state index in [4.69, 9.17) is 10.5 Å². The summed E-state index contributed by atoms with van der Waals surface area (Å²) in [6, 6.07) is 0.348. The molecule has 1 spiro atoms. The average molecular weight is 310 g/mol. The Labute approximate surface area is 131 Å². The summed E-state index contributed by atoms with van der Waals surface area (Å²) in [7, 11) is 0. The van der Waals surface area contributed by atoms with E-state index in [-0.39, 0.29) is 5.60 Å². The Morgan fingerprint density at radius 1 is 1.38 bits per heavy atom. The van der Waals surface area contributed by atoms with E-state index in [0.717, 1.165) is 30.4 Å². The first-order chi connectivity index (χ1) is 10.1. The molecular weight excluding hydrogens is 284 g/mol. The van der Waals surface area contributed by atoms with Crippen LogP contribution in [0.2, 0.25) is 0 Å². The van der Waals surface area contributed by atoms with Gasteiger partial charge in [-0.25, -0.2) is 0 Å². The SMILES string of the molecule is CC(C)n1c(CN)nnc1SC1CCOC2(CCCC2)C1. The van der Waals surface area contributed by atoms with Gasteiger partial charge in [-0.05, 0) is 39.5 Å². The standard InChI is InChI=1S/C15H26N4OS/c1-11(2)19-13(10-16)17-18-14(19)21-12-5-8-20-15(9-12)6-3-4-7-15/h11-12H,3-10,16H2,1-2H3. The van der Waals surface area contributed by atoms with Crippen molar-refractivity contribution in [2.24, 2.45) is 5.73 Å². The summed E-state index contributed by atoms with van der Waals surface area (Å²) in [5, 5.41) is 10.2. The van der Waals surface area contributed by atoms with Gasteiger partial charge in [0.15, 0.2) is 5.16 Å². The molecule has 1 atom stereocenters. The molecule has 2 heterocycles. The molecule has 1 aliphatic carbocycles. The number of nitrogens with two attached hydrogens (primary N) is 1. The van der Waals surface area contributed by atoms with Crippen LogP contribution in [0.1, 0.15) is 64.2 Å². The number of thioether (sulfide) groups is 1. The predicted molar refractivity (Wildman–Crippen MR) is 84.3 cm³/mol. The predicted octanol–water partition coefficient (Wildman–Crippen LogP) is 2.90. The first kappa shape index (κ1) is 15.3. The summed E-state index contributed by atoms with van der Waals surface area (Å²) in [6.45, 7) is 5.66. The van der Waals surface area contributed by atoms with Gasteiger partial charge >= 0.3 is 0 Å². The quantitative estimate of drug-likeness (QED) is 0.926. The van der Waals surface area contributed by atoms with E-state index in [1.807, 2.05) is 11.8 Å². The molecule has 6 heteroatoms. The summed E-state index contributed by atoms with van der Waals surface area (Å²) >= 11 is 1.87. The van der Waals surface area contributed by atoms with E-state index in [1.165, 1.54) is 25.7 Å². The topological polar surface area (TPSA) is 66.0 Å². The summed E-state index contributed by atoms with van der Waals surface area (Å²) in [5.74, 6) is 0.884. The smallest absolute Gasteiger partial charge is 0.191 e. The highest BCUT2D eigenvalue weighted by Gasteiger charge is 2.40. The maximum absolute atomic E-state index is 6.12. The van der Waals surface area contributed by atoms with Crippen molar-refractivity contribution in [3.63, 3.8) is 0 Å². The lowest BCUT2D eigenvalue weighted by molar-refractivity contribution is -0.0704. The minimum absolute atomic E-state index is 0.162. The van der Waals surface area contributed by atoms with Gasteiger partial charge in [-0.3, -0.25) is 0 Å². The Morgan fingerprint density at radius 2 is 2.14 bits per heavy atom. The zero-order valence-electron chi connectivity index (χ0n) is 13.0. The van der Waals surface area contributed by atoms with Crippen LogP contribution in [0.4, 0.5) is 0 Å². The molecule has 0 bridgehead atoms. The van der Waals surface area contributed by atoms with Crippen LogP contribution in [0.15, 0.2) is 5.16 Å². The third-order valence-electron chi connectivity index (χ3n) is 4.67. The van der Waals surface area contributed by atoms with Crippen LogP contribution in [0.5, 0.6) is 0 Å². The molecule has 1 unspecified atom stereocenters. The van der Waals surface area contributed by atoms with Crippen molar-refractivity contribution in [2.75, 3.05) is 6.61 Å². The van der Waals surface area contributed by atoms with E-state index in [9.17, 15) is 0 Å². The molecule has 2 aliphatic rings. The lowest BCUT2D eigenvalue weighted by Crippen LogP contribution is -2.38. The molecular formula is C15H26N4OS. The van der Waals surface area contributed by atoms with Crippen LogP contribution in [-0.2, 0) is 11.3 Å². The third kappa shape index (κ3) is 3.12. The maximum atomic E-state index is 6.12. The minimum Gasteiger partial charge on any atom is -0.375 e. The number of nitrogens with zero attached hydrogens (tertiary/aromatic N) is 3. The van der Waals surface area contributed by atoms with Crippen molar-refractivity contribution in [1.82, 2.24) is 14.8 Å². The van der Waals surface area contributed by atoms with E-state index in [0.29, 0.717) is 17.8 Å². The summed E-state index contributed by atoms with van der Waals surface area (Å²) in [4.78, 5) is 0. The molecule has 2 fully saturated rings. The third-order valence-corrected chi connectivity index (χ3v) is 5.89. The molecule has 0 radical (unpaired) electrons. The van der Waals surface area contributed by atoms with E-state index >= 15 is 0 Å². The number of aromatic nitrogens is 3. The Morgan fingerprint density at radius 3 is 2.81 bits per heavy atom. The van der Waals surface area contributed by atoms with E-state index in [2.05, 4.69) is 28.6 Å². The van der Waals surface area contributed by atoms with Crippen LogP contribution in [-0.4, -0.2) is 32.2 Å². The largest absolute Gasteiger partial charge is 0.375 e. The molecule has 3 rings (SSSR count). The monoisotopic (exact) mass is 310 g/mol. The second-order valence-corrected chi connectivity index (χ2v) is 7.81. The first-order valence-electron chi connectivity index (χ1n) is 8.08. The molecule has 1 saturated heterocycles. The second-order valence-electron chi connectivity index (χ2n) is 6.54. The molecule has 1 aliphatic heterocycles. The zero-order valence-corrected chi connectivity index (χ0v) is 13.9. The van der Waals surface area contributed by atoms with Crippen molar-refractivity contribution >= 4 is 11.8 Å². The first-order valence-corrected chi connectivity index (χ1v) is 8.96. The molecule has 1 aromatic heterocycles. The molecule has 5 nitrogen and oxygen atoms in total. The van der Waals surface area contributed by atoms with Crippen LogP contribution >= 0.6 is 11.8 Å². The van der Waals surface area contributed by atoms with Gasteiger partial charge in [0.05, 0.1) is 12.1 Å². The Balaban J connectivity index is 1.73. The second kappa shape index (κ2) is 6.26. The molecule has 0 amide bonds. The summed E-state index contributed by atoms with van der Waals surface area (Å²) in [5.41, 5.74) is 5.94. The van der Waals surface area contributed by atoms with Gasteiger partial charge in [-0.2, -0.15) is 0 Å². The molecule has 21 heavy (non-hydrogen) atoms.